The fraction of sp³-hybridized carbons (Fsp3) is 0.0714. The number of para-hydroxylation sites is 1. The molecule has 18 heavy (non-hydrogen) atoms. The van der Waals surface area contributed by atoms with Crippen LogP contribution in [0.1, 0.15) is 22.2 Å². The van der Waals surface area contributed by atoms with Crippen molar-refractivity contribution in [3.63, 3.8) is 0 Å². The van der Waals surface area contributed by atoms with Gasteiger partial charge in [-0.1, -0.05) is 36.4 Å². The van der Waals surface area contributed by atoms with Crippen molar-refractivity contribution in [1.29, 1.82) is 0 Å². The third kappa shape index (κ3) is 1.68. The lowest BCUT2D eigenvalue weighted by molar-refractivity contribution is 0.0471. The van der Waals surface area contributed by atoms with Crippen LogP contribution in [0.3, 0.4) is 0 Å². The number of rotatable bonds is 2. The fourth-order valence-electron chi connectivity index (χ4n) is 1.89. The van der Waals surface area contributed by atoms with E-state index in [9.17, 15) is 4.79 Å². The van der Waals surface area contributed by atoms with Gasteiger partial charge in [-0.15, -0.1) is 0 Å². The zero-order valence-electron chi connectivity index (χ0n) is 9.37. The Morgan fingerprint density at radius 3 is 2.50 bits per heavy atom. The first-order chi connectivity index (χ1) is 8.75. The maximum absolute atomic E-state index is 11.1. The summed E-state index contributed by atoms with van der Waals surface area (Å²) in [4.78, 5) is 11.1. The van der Waals surface area contributed by atoms with Gasteiger partial charge in [-0.05, 0) is 12.1 Å². The van der Waals surface area contributed by atoms with Gasteiger partial charge in [-0.2, -0.15) is 0 Å². The number of benzene rings is 2. The van der Waals surface area contributed by atoms with Crippen molar-refractivity contribution >= 4 is 5.97 Å². The first-order valence-corrected chi connectivity index (χ1v) is 5.50. The summed E-state index contributed by atoms with van der Waals surface area (Å²) >= 11 is 0. The Bertz CT molecular complexity index is 592. The van der Waals surface area contributed by atoms with Crippen molar-refractivity contribution in [1.82, 2.24) is 0 Å². The van der Waals surface area contributed by atoms with E-state index in [1.807, 2.05) is 30.3 Å². The molecule has 3 rings (SSSR count). The van der Waals surface area contributed by atoms with E-state index in [1.165, 1.54) is 6.07 Å². The second kappa shape index (κ2) is 4.07. The first-order valence-electron chi connectivity index (χ1n) is 5.50. The van der Waals surface area contributed by atoms with E-state index in [2.05, 4.69) is 0 Å². The summed E-state index contributed by atoms with van der Waals surface area (Å²) in [5.74, 6) is -0.272. The molecule has 0 fully saturated rings. The lowest BCUT2D eigenvalue weighted by atomic mass is 10.2. The minimum atomic E-state index is -1.02. The average Bonchev–Trinajstić information content (AvgIpc) is 2.83. The Kier molecular flexibility index (Phi) is 2.41. The predicted octanol–water partition coefficient (Wildman–Crippen LogP) is 2.85. The Balaban J connectivity index is 1.97. The van der Waals surface area contributed by atoms with Crippen LogP contribution in [0.5, 0.6) is 11.5 Å². The van der Waals surface area contributed by atoms with Gasteiger partial charge >= 0.3 is 5.97 Å². The van der Waals surface area contributed by atoms with Crippen molar-refractivity contribution in [3.8, 4) is 11.5 Å². The third-order valence-electron chi connectivity index (χ3n) is 2.74. The number of ether oxygens (including phenoxy) is 2. The van der Waals surface area contributed by atoms with Gasteiger partial charge in [-0.25, -0.2) is 4.79 Å². The number of aromatic carboxylic acids is 1. The van der Waals surface area contributed by atoms with Crippen LogP contribution in [0.25, 0.3) is 0 Å². The van der Waals surface area contributed by atoms with Gasteiger partial charge in [0.05, 0.1) is 0 Å². The third-order valence-corrected chi connectivity index (χ3v) is 2.74. The van der Waals surface area contributed by atoms with Crippen LogP contribution >= 0.6 is 0 Å². The highest BCUT2D eigenvalue weighted by atomic mass is 16.7. The number of carboxylic acids is 1. The average molecular weight is 242 g/mol. The zero-order valence-corrected chi connectivity index (χ0v) is 9.37. The Morgan fingerprint density at radius 2 is 1.78 bits per heavy atom. The highest BCUT2D eigenvalue weighted by Gasteiger charge is 2.29. The molecular weight excluding hydrogens is 232 g/mol. The molecule has 0 amide bonds. The molecule has 0 aliphatic carbocycles. The molecule has 2 aromatic rings. The van der Waals surface area contributed by atoms with Crippen molar-refractivity contribution in [2.45, 2.75) is 6.29 Å². The quantitative estimate of drug-likeness (QED) is 0.879. The lowest BCUT2D eigenvalue weighted by Crippen LogP contribution is -2.08. The summed E-state index contributed by atoms with van der Waals surface area (Å²) in [6, 6.07) is 14.2. The summed E-state index contributed by atoms with van der Waals surface area (Å²) in [7, 11) is 0. The van der Waals surface area contributed by atoms with E-state index in [1.54, 1.807) is 12.1 Å². The SMILES string of the molecule is O=C(O)c1cccc2c1OC(c1ccccc1)O2. The standard InChI is InChI=1S/C14H10O4/c15-13(16)10-7-4-8-11-12(10)18-14(17-11)9-5-2-1-3-6-9/h1-8,14H,(H,15,16). The van der Waals surface area contributed by atoms with E-state index >= 15 is 0 Å². The van der Waals surface area contributed by atoms with Crippen LogP contribution < -0.4 is 9.47 Å². The summed E-state index contributed by atoms with van der Waals surface area (Å²) in [5.41, 5.74) is 0.968. The molecule has 4 heteroatoms. The number of carbonyl (C=O) groups is 1. The van der Waals surface area contributed by atoms with E-state index in [0.29, 0.717) is 11.5 Å². The van der Waals surface area contributed by atoms with Crippen molar-refractivity contribution in [3.05, 3.63) is 59.7 Å². The smallest absolute Gasteiger partial charge is 0.339 e. The van der Waals surface area contributed by atoms with Crippen LogP contribution in [0, 0.1) is 0 Å². The second-order valence-corrected chi connectivity index (χ2v) is 3.92. The highest BCUT2D eigenvalue weighted by Crippen LogP contribution is 2.42. The largest absolute Gasteiger partial charge is 0.478 e. The number of hydrogen-bond donors (Lipinski definition) is 1. The van der Waals surface area contributed by atoms with E-state index in [4.69, 9.17) is 14.6 Å². The molecule has 4 nitrogen and oxygen atoms in total. The van der Waals surface area contributed by atoms with Crippen LogP contribution in [0.2, 0.25) is 0 Å². The summed E-state index contributed by atoms with van der Waals surface area (Å²) in [5, 5.41) is 9.07. The fourth-order valence-corrected chi connectivity index (χ4v) is 1.89. The molecule has 0 bridgehead atoms. The molecule has 0 saturated heterocycles. The van der Waals surface area contributed by atoms with E-state index in [0.717, 1.165) is 5.56 Å². The van der Waals surface area contributed by atoms with Gasteiger partial charge in [0.2, 0.25) is 0 Å². The number of carboxylic acid groups (broad SMARTS) is 1. The normalized spacial score (nSPS) is 16.6. The minimum absolute atomic E-state index is 0.117. The van der Waals surface area contributed by atoms with Crippen LogP contribution in [0.4, 0.5) is 0 Å². The summed E-state index contributed by atoms with van der Waals surface area (Å²) in [6.07, 6.45) is -0.582. The molecule has 2 aromatic carbocycles. The van der Waals surface area contributed by atoms with Gasteiger partial charge < -0.3 is 14.6 Å². The summed E-state index contributed by atoms with van der Waals surface area (Å²) in [6.45, 7) is 0. The molecule has 1 heterocycles. The van der Waals surface area contributed by atoms with Crippen molar-refractivity contribution in [2.75, 3.05) is 0 Å². The Morgan fingerprint density at radius 1 is 1.00 bits per heavy atom. The molecule has 1 atom stereocenters. The van der Waals surface area contributed by atoms with E-state index in [-0.39, 0.29) is 5.56 Å². The van der Waals surface area contributed by atoms with Gasteiger partial charge in [0.15, 0.2) is 11.5 Å². The summed E-state index contributed by atoms with van der Waals surface area (Å²) < 4.78 is 11.2. The number of fused-ring (bicyclic) bond motifs is 1. The topological polar surface area (TPSA) is 55.8 Å². The van der Waals surface area contributed by atoms with Crippen molar-refractivity contribution < 1.29 is 19.4 Å². The van der Waals surface area contributed by atoms with Gasteiger partial charge in [0, 0.05) is 5.56 Å². The maximum atomic E-state index is 11.1. The monoisotopic (exact) mass is 242 g/mol. The highest BCUT2D eigenvalue weighted by molar-refractivity contribution is 5.92. The van der Waals surface area contributed by atoms with E-state index < -0.39 is 12.3 Å². The van der Waals surface area contributed by atoms with Gasteiger partial charge in [0.1, 0.15) is 5.56 Å². The molecular formula is C14H10O4. The molecule has 90 valence electrons. The van der Waals surface area contributed by atoms with Crippen LogP contribution in [0.15, 0.2) is 48.5 Å². The molecule has 1 aliphatic heterocycles. The second-order valence-electron chi connectivity index (χ2n) is 3.92. The zero-order chi connectivity index (χ0) is 12.5. The molecule has 1 N–H and O–H groups in total. The van der Waals surface area contributed by atoms with Gasteiger partial charge in [-0.3, -0.25) is 0 Å². The lowest BCUT2D eigenvalue weighted by Gasteiger charge is -2.09. The van der Waals surface area contributed by atoms with Crippen molar-refractivity contribution in [2.24, 2.45) is 0 Å². The predicted molar refractivity (Wildman–Crippen MR) is 63.8 cm³/mol. The minimum Gasteiger partial charge on any atom is -0.478 e. The molecule has 1 aliphatic rings. The maximum Gasteiger partial charge on any atom is 0.339 e. The van der Waals surface area contributed by atoms with Gasteiger partial charge in [0.25, 0.3) is 6.29 Å². The van der Waals surface area contributed by atoms with Crippen LogP contribution in [-0.2, 0) is 0 Å². The first kappa shape index (κ1) is 10.7. The Hall–Kier alpha value is -2.49. The Labute approximate surface area is 103 Å². The number of hydrogen-bond acceptors (Lipinski definition) is 3. The van der Waals surface area contributed by atoms with Crippen LogP contribution in [-0.4, -0.2) is 11.1 Å². The molecule has 0 aromatic heterocycles. The molecule has 0 radical (unpaired) electrons. The molecule has 1 unspecified atom stereocenters. The molecule has 0 spiro atoms. The molecule has 0 saturated carbocycles.